The molecule has 4 nitrogen and oxygen atoms in total. The molecule has 0 aromatic carbocycles. The summed E-state index contributed by atoms with van der Waals surface area (Å²) in [6.07, 6.45) is 1.15. The monoisotopic (exact) mass is 200 g/mol. The number of hydrogen-bond acceptors (Lipinski definition) is 4. The quantitative estimate of drug-likeness (QED) is 0.645. The van der Waals surface area contributed by atoms with E-state index in [2.05, 4.69) is 16.8 Å². The van der Waals surface area contributed by atoms with Crippen LogP contribution in [0.2, 0.25) is 0 Å². The van der Waals surface area contributed by atoms with Crippen LogP contribution in [0.15, 0.2) is 0 Å². The van der Waals surface area contributed by atoms with E-state index in [1.54, 1.807) is 0 Å². The minimum Gasteiger partial charge on any atom is -0.395 e. The molecule has 2 atom stereocenters. The van der Waals surface area contributed by atoms with E-state index in [4.69, 9.17) is 4.74 Å². The number of likely N-dealkylation sites (N-methyl/N-ethyl adjacent to an activating group) is 1. The maximum absolute atomic E-state index is 9.22. The van der Waals surface area contributed by atoms with Gasteiger partial charge in [-0.2, -0.15) is 0 Å². The van der Waals surface area contributed by atoms with Crippen LogP contribution in [0.3, 0.4) is 0 Å². The van der Waals surface area contributed by atoms with Crippen molar-refractivity contribution >= 4 is 0 Å². The molecule has 0 aromatic rings. The molecule has 0 radical (unpaired) electrons. The van der Waals surface area contributed by atoms with E-state index >= 15 is 0 Å². The summed E-state index contributed by atoms with van der Waals surface area (Å²) in [5, 5.41) is 9.22. The smallest absolute Gasteiger partial charge is 0.0622 e. The van der Waals surface area contributed by atoms with Crippen LogP contribution in [0.5, 0.6) is 0 Å². The molecule has 2 aliphatic rings. The standard InChI is InChI=1S/C10H20N2O2/c1-11-3-4-12(6-10(11)7-13)9-2-5-14-8-9/h9-10,13H,2-8H2,1H3. The number of rotatable bonds is 2. The van der Waals surface area contributed by atoms with Gasteiger partial charge < -0.3 is 9.84 Å². The molecule has 2 saturated heterocycles. The first kappa shape index (κ1) is 10.4. The highest BCUT2D eigenvalue weighted by Crippen LogP contribution is 2.16. The maximum Gasteiger partial charge on any atom is 0.0622 e. The Morgan fingerprint density at radius 2 is 2.29 bits per heavy atom. The number of aliphatic hydroxyl groups excluding tert-OH is 1. The molecule has 14 heavy (non-hydrogen) atoms. The van der Waals surface area contributed by atoms with E-state index in [0.717, 1.165) is 39.3 Å². The fourth-order valence-electron chi connectivity index (χ4n) is 2.31. The average molecular weight is 200 g/mol. The number of ether oxygens (including phenoxy) is 1. The molecule has 1 N–H and O–H groups in total. The zero-order chi connectivity index (χ0) is 9.97. The molecule has 0 spiro atoms. The Hall–Kier alpha value is -0.160. The second-order valence-electron chi connectivity index (χ2n) is 4.33. The summed E-state index contributed by atoms with van der Waals surface area (Å²) >= 11 is 0. The summed E-state index contributed by atoms with van der Waals surface area (Å²) in [5.74, 6) is 0. The van der Waals surface area contributed by atoms with Crippen molar-refractivity contribution in [2.75, 3.05) is 46.5 Å². The fraction of sp³-hybridized carbons (Fsp3) is 1.00. The van der Waals surface area contributed by atoms with Crippen LogP contribution >= 0.6 is 0 Å². The summed E-state index contributed by atoms with van der Waals surface area (Å²) in [5.41, 5.74) is 0. The lowest BCUT2D eigenvalue weighted by Crippen LogP contribution is -2.55. The van der Waals surface area contributed by atoms with Gasteiger partial charge in [0.05, 0.1) is 13.2 Å². The molecule has 2 aliphatic heterocycles. The van der Waals surface area contributed by atoms with Gasteiger partial charge in [0.25, 0.3) is 0 Å². The van der Waals surface area contributed by atoms with E-state index in [0.29, 0.717) is 12.1 Å². The molecule has 4 heteroatoms. The average Bonchev–Trinajstić information content (AvgIpc) is 2.71. The molecule has 2 rings (SSSR count). The molecule has 82 valence electrons. The van der Waals surface area contributed by atoms with Crippen LogP contribution in [0.4, 0.5) is 0 Å². The summed E-state index contributed by atoms with van der Waals surface area (Å²) in [6, 6.07) is 0.905. The molecule has 0 aromatic heterocycles. The zero-order valence-electron chi connectivity index (χ0n) is 8.85. The fourth-order valence-corrected chi connectivity index (χ4v) is 2.31. The van der Waals surface area contributed by atoms with Crippen LogP contribution in [0.1, 0.15) is 6.42 Å². The first-order valence-corrected chi connectivity index (χ1v) is 5.44. The molecule has 0 amide bonds. The van der Waals surface area contributed by atoms with Crippen molar-refractivity contribution in [2.24, 2.45) is 0 Å². The van der Waals surface area contributed by atoms with Gasteiger partial charge in [-0.3, -0.25) is 9.80 Å². The highest BCUT2D eigenvalue weighted by molar-refractivity contribution is 4.85. The lowest BCUT2D eigenvalue weighted by Gasteiger charge is -2.41. The molecular formula is C10H20N2O2. The predicted octanol–water partition coefficient (Wildman–Crippen LogP) is -0.616. The van der Waals surface area contributed by atoms with Crippen molar-refractivity contribution in [3.63, 3.8) is 0 Å². The largest absolute Gasteiger partial charge is 0.395 e. The predicted molar refractivity (Wildman–Crippen MR) is 54.3 cm³/mol. The molecule has 0 saturated carbocycles. The third kappa shape index (κ3) is 2.08. The van der Waals surface area contributed by atoms with Crippen LogP contribution in [-0.2, 0) is 4.74 Å². The number of nitrogens with zero attached hydrogens (tertiary/aromatic N) is 2. The number of piperazine rings is 1. The maximum atomic E-state index is 9.22. The van der Waals surface area contributed by atoms with E-state index in [9.17, 15) is 5.11 Å². The Morgan fingerprint density at radius 1 is 1.43 bits per heavy atom. The molecular weight excluding hydrogens is 180 g/mol. The van der Waals surface area contributed by atoms with Crippen molar-refractivity contribution in [2.45, 2.75) is 18.5 Å². The normalized spacial score (nSPS) is 36.4. The molecule has 2 heterocycles. The van der Waals surface area contributed by atoms with Gasteiger partial charge in [-0.15, -0.1) is 0 Å². The van der Waals surface area contributed by atoms with Gasteiger partial charge in [0.15, 0.2) is 0 Å². The number of hydrogen-bond donors (Lipinski definition) is 1. The first-order chi connectivity index (χ1) is 6.81. The lowest BCUT2D eigenvalue weighted by molar-refractivity contribution is 0.0319. The van der Waals surface area contributed by atoms with Gasteiger partial charge in [-0.05, 0) is 13.5 Å². The van der Waals surface area contributed by atoms with Gasteiger partial charge in [0.1, 0.15) is 0 Å². The van der Waals surface area contributed by atoms with Gasteiger partial charge in [0, 0.05) is 38.3 Å². The third-order valence-electron chi connectivity index (χ3n) is 3.44. The topological polar surface area (TPSA) is 35.9 Å². The van der Waals surface area contributed by atoms with E-state index in [1.807, 2.05) is 0 Å². The summed E-state index contributed by atoms with van der Waals surface area (Å²) in [7, 11) is 2.09. The molecule has 2 fully saturated rings. The third-order valence-corrected chi connectivity index (χ3v) is 3.44. The Bertz CT molecular complexity index is 183. The Kier molecular flexibility index (Phi) is 3.38. The second-order valence-corrected chi connectivity index (χ2v) is 4.33. The van der Waals surface area contributed by atoms with Gasteiger partial charge in [0.2, 0.25) is 0 Å². The Labute approximate surface area is 85.4 Å². The first-order valence-electron chi connectivity index (χ1n) is 5.44. The minimum absolute atomic E-state index is 0.264. The van der Waals surface area contributed by atoms with Crippen molar-refractivity contribution in [1.29, 1.82) is 0 Å². The summed E-state index contributed by atoms with van der Waals surface area (Å²) < 4.78 is 5.39. The van der Waals surface area contributed by atoms with E-state index in [1.165, 1.54) is 0 Å². The van der Waals surface area contributed by atoms with E-state index < -0.39 is 0 Å². The van der Waals surface area contributed by atoms with Crippen LogP contribution in [0.25, 0.3) is 0 Å². The Morgan fingerprint density at radius 3 is 2.93 bits per heavy atom. The molecule has 0 bridgehead atoms. The highest BCUT2D eigenvalue weighted by Gasteiger charge is 2.30. The van der Waals surface area contributed by atoms with Crippen molar-refractivity contribution in [3.8, 4) is 0 Å². The highest BCUT2D eigenvalue weighted by atomic mass is 16.5. The molecule has 2 unspecified atom stereocenters. The zero-order valence-corrected chi connectivity index (χ0v) is 8.85. The van der Waals surface area contributed by atoms with Gasteiger partial charge >= 0.3 is 0 Å². The lowest BCUT2D eigenvalue weighted by atomic mass is 10.1. The minimum atomic E-state index is 0.264. The van der Waals surface area contributed by atoms with E-state index in [-0.39, 0.29) is 6.61 Å². The van der Waals surface area contributed by atoms with Gasteiger partial charge in [-0.1, -0.05) is 0 Å². The van der Waals surface area contributed by atoms with Crippen molar-refractivity contribution in [1.82, 2.24) is 9.80 Å². The van der Waals surface area contributed by atoms with Crippen LogP contribution in [0, 0.1) is 0 Å². The SMILES string of the molecule is CN1CCN(C2CCOC2)CC1CO. The summed E-state index contributed by atoms with van der Waals surface area (Å²) in [6.45, 7) is 5.20. The van der Waals surface area contributed by atoms with Crippen LogP contribution < -0.4 is 0 Å². The van der Waals surface area contributed by atoms with Crippen molar-refractivity contribution < 1.29 is 9.84 Å². The van der Waals surface area contributed by atoms with Crippen molar-refractivity contribution in [3.05, 3.63) is 0 Å². The second kappa shape index (κ2) is 4.57. The number of aliphatic hydroxyl groups is 1. The Balaban J connectivity index is 1.88. The van der Waals surface area contributed by atoms with Gasteiger partial charge in [-0.25, -0.2) is 0 Å². The van der Waals surface area contributed by atoms with Crippen LogP contribution in [-0.4, -0.2) is 73.5 Å². The summed E-state index contributed by atoms with van der Waals surface area (Å²) in [4.78, 5) is 4.71. The molecule has 0 aliphatic carbocycles.